The molecule has 22 heavy (non-hydrogen) atoms. The van der Waals surface area contributed by atoms with E-state index in [2.05, 4.69) is 25.7 Å². The van der Waals surface area contributed by atoms with Crippen molar-refractivity contribution >= 4 is 5.69 Å². The third-order valence-corrected chi connectivity index (χ3v) is 4.27. The predicted octanol–water partition coefficient (Wildman–Crippen LogP) is 3.80. The molecule has 0 bridgehead atoms. The van der Waals surface area contributed by atoms with Gasteiger partial charge in [-0.05, 0) is 39.2 Å². The molecule has 1 saturated heterocycles. The van der Waals surface area contributed by atoms with Gasteiger partial charge < -0.3 is 9.64 Å². The number of rotatable bonds is 6. The number of likely N-dealkylation sites (tertiary alicyclic amines) is 1. The number of aryl methyl sites for hydroxylation is 1. The number of piperidine rings is 1. The van der Waals surface area contributed by atoms with Crippen molar-refractivity contribution in [1.82, 2.24) is 4.90 Å². The van der Waals surface area contributed by atoms with Crippen LogP contribution in [0.4, 0.5) is 5.69 Å². The second-order valence-corrected chi connectivity index (χ2v) is 6.25. The Kier molecular flexibility index (Phi) is 5.77. The molecule has 1 aliphatic rings. The van der Waals surface area contributed by atoms with Gasteiger partial charge >= 0.3 is 0 Å². The van der Waals surface area contributed by atoms with Crippen molar-refractivity contribution < 1.29 is 9.66 Å². The smallest absolute Gasteiger partial charge is 0.269 e. The predicted molar refractivity (Wildman–Crippen MR) is 87.5 cm³/mol. The molecule has 1 aromatic carbocycles. The maximum absolute atomic E-state index is 10.9. The molecular weight excluding hydrogens is 280 g/mol. The average molecular weight is 306 g/mol. The van der Waals surface area contributed by atoms with Crippen LogP contribution in [0.15, 0.2) is 18.2 Å². The number of hydrogen-bond acceptors (Lipinski definition) is 4. The first-order valence-corrected chi connectivity index (χ1v) is 8.19. The highest BCUT2D eigenvalue weighted by Crippen LogP contribution is 2.28. The van der Waals surface area contributed by atoms with Gasteiger partial charge in [0, 0.05) is 36.8 Å². The third kappa shape index (κ3) is 4.19. The summed E-state index contributed by atoms with van der Waals surface area (Å²) < 4.78 is 6.15. The molecule has 0 saturated carbocycles. The van der Waals surface area contributed by atoms with Crippen LogP contribution in [0.25, 0.3) is 0 Å². The fourth-order valence-corrected chi connectivity index (χ4v) is 2.95. The fraction of sp³-hybridized carbons (Fsp3) is 0.647. The quantitative estimate of drug-likeness (QED) is 0.592. The minimum absolute atomic E-state index is 0.144. The van der Waals surface area contributed by atoms with Gasteiger partial charge in [-0.3, -0.25) is 10.1 Å². The van der Waals surface area contributed by atoms with Gasteiger partial charge in [0.2, 0.25) is 0 Å². The van der Waals surface area contributed by atoms with Crippen LogP contribution in [0.2, 0.25) is 0 Å². The monoisotopic (exact) mass is 306 g/mol. The second kappa shape index (κ2) is 7.58. The molecule has 0 amide bonds. The number of nitrogens with zero attached hydrogens (tertiary/aromatic N) is 2. The molecule has 5 heteroatoms. The van der Waals surface area contributed by atoms with Crippen LogP contribution >= 0.6 is 0 Å². The highest BCUT2D eigenvalue weighted by molar-refractivity contribution is 5.44. The van der Waals surface area contributed by atoms with E-state index in [1.807, 2.05) is 0 Å². The molecule has 0 spiro atoms. The summed E-state index contributed by atoms with van der Waals surface area (Å²) in [7, 11) is 0. The van der Waals surface area contributed by atoms with Crippen molar-refractivity contribution in [3.63, 3.8) is 0 Å². The molecule has 0 radical (unpaired) electrons. The zero-order valence-corrected chi connectivity index (χ0v) is 13.7. The van der Waals surface area contributed by atoms with E-state index in [0.29, 0.717) is 6.04 Å². The molecular formula is C17H26N2O3. The van der Waals surface area contributed by atoms with E-state index in [-0.39, 0.29) is 16.7 Å². The summed E-state index contributed by atoms with van der Waals surface area (Å²) in [5.74, 6) is 0.815. The maximum atomic E-state index is 10.9. The van der Waals surface area contributed by atoms with Crippen LogP contribution in [-0.2, 0) is 6.42 Å². The minimum Gasteiger partial charge on any atom is -0.490 e. The Morgan fingerprint density at radius 3 is 2.59 bits per heavy atom. The zero-order chi connectivity index (χ0) is 16.1. The van der Waals surface area contributed by atoms with Crippen molar-refractivity contribution in [1.29, 1.82) is 0 Å². The Balaban J connectivity index is 2.04. The summed E-state index contributed by atoms with van der Waals surface area (Å²) in [4.78, 5) is 13.0. The lowest BCUT2D eigenvalue weighted by atomic mass is 10.0. The molecule has 1 fully saturated rings. The van der Waals surface area contributed by atoms with Gasteiger partial charge in [0.25, 0.3) is 5.69 Å². The van der Waals surface area contributed by atoms with E-state index in [9.17, 15) is 10.1 Å². The zero-order valence-electron chi connectivity index (χ0n) is 13.7. The van der Waals surface area contributed by atoms with Crippen molar-refractivity contribution in [2.75, 3.05) is 13.1 Å². The lowest BCUT2D eigenvalue weighted by molar-refractivity contribution is -0.384. The van der Waals surface area contributed by atoms with Crippen LogP contribution in [0.3, 0.4) is 0 Å². The molecule has 0 N–H and O–H groups in total. The van der Waals surface area contributed by atoms with E-state index in [1.54, 1.807) is 12.1 Å². The van der Waals surface area contributed by atoms with Gasteiger partial charge in [0.05, 0.1) is 4.92 Å². The summed E-state index contributed by atoms with van der Waals surface area (Å²) in [6, 6.07) is 5.54. The normalized spacial score (nSPS) is 16.9. The van der Waals surface area contributed by atoms with Gasteiger partial charge in [-0.2, -0.15) is 0 Å². The highest BCUT2D eigenvalue weighted by atomic mass is 16.6. The first-order chi connectivity index (χ1) is 10.5. The molecule has 0 atom stereocenters. The number of benzene rings is 1. The number of hydrogen-bond donors (Lipinski definition) is 0. The molecule has 1 heterocycles. The highest BCUT2D eigenvalue weighted by Gasteiger charge is 2.23. The molecule has 122 valence electrons. The van der Waals surface area contributed by atoms with Crippen LogP contribution in [0, 0.1) is 10.1 Å². The summed E-state index contributed by atoms with van der Waals surface area (Å²) in [5, 5.41) is 10.9. The molecule has 0 aromatic heterocycles. The summed E-state index contributed by atoms with van der Waals surface area (Å²) >= 11 is 0. The lowest BCUT2D eigenvalue weighted by Gasteiger charge is -2.34. The summed E-state index contributed by atoms with van der Waals surface area (Å²) in [6.45, 7) is 8.62. The van der Waals surface area contributed by atoms with Crippen molar-refractivity contribution in [3.05, 3.63) is 33.9 Å². The van der Waals surface area contributed by atoms with Crippen molar-refractivity contribution in [2.24, 2.45) is 0 Å². The topological polar surface area (TPSA) is 55.6 Å². The van der Waals surface area contributed by atoms with Gasteiger partial charge in [0.1, 0.15) is 11.9 Å². The average Bonchev–Trinajstić information content (AvgIpc) is 2.49. The standard InChI is InChI=1S/C17H26N2O3/c1-4-5-14-12-15(19(20)21)6-7-17(14)22-16-8-10-18(11-9-16)13(2)3/h6-7,12-13,16H,4-5,8-11H2,1-3H3. The van der Waals surface area contributed by atoms with Gasteiger partial charge in [-0.15, -0.1) is 0 Å². The van der Waals surface area contributed by atoms with Crippen molar-refractivity contribution in [3.8, 4) is 5.75 Å². The lowest BCUT2D eigenvalue weighted by Crippen LogP contribution is -2.41. The summed E-state index contributed by atoms with van der Waals surface area (Å²) in [6.07, 6.45) is 4.00. The van der Waals surface area contributed by atoms with Gasteiger partial charge in [0.15, 0.2) is 0 Å². The van der Waals surface area contributed by atoms with Crippen LogP contribution in [0.1, 0.15) is 45.6 Å². The molecule has 2 rings (SSSR count). The molecule has 1 aliphatic heterocycles. The number of nitro groups is 1. The Bertz CT molecular complexity index is 509. The number of ether oxygens (including phenoxy) is 1. The molecule has 0 unspecified atom stereocenters. The van der Waals surface area contributed by atoms with E-state index >= 15 is 0 Å². The van der Waals surface area contributed by atoms with E-state index in [0.717, 1.165) is 50.1 Å². The largest absolute Gasteiger partial charge is 0.490 e. The number of non-ortho nitro benzene ring substituents is 1. The Morgan fingerprint density at radius 2 is 2.05 bits per heavy atom. The van der Waals surface area contributed by atoms with E-state index < -0.39 is 0 Å². The fourth-order valence-electron chi connectivity index (χ4n) is 2.95. The van der Waals surface area contributed by atoms with Crippen LogP contribution in [0.5, 0.6) is 5.75 Å². The number of nitro benzene ring substituents is 1. The van der Waals surface area contributed by atoms with Crippen LogP contribution in [-0.4, -0.2) is 35.1 Å². The van der Waals surface area contributed by atoms with Crippen LogP contribution < -0.4 is 4.74 Å². The van der Waals surface area contributed by atoms with Gasteiger partial charge in [-0.1, -0.05) is 13.3 Å². The third-order valence-electron chi connectivity index (χ3n) is 4.27. The Labute approximate surface area is 132 Å². The SMILES string of the molecule is CCCc1cc([N+](=O)[O-])ccc1OC1CCN(C(C)C)CC1. The first kappa shape index (κ1) is 16.7. The molecule has 0 aliphatic carbocycles. The molecule has 5 nitrogen and oxygen atoms in total. The second-order valence-electron chi connectivity index (χ2n) is 6.25. The minimum atomic E-state index is -0.343. The molecule has 1 aromatic rings. The Hall–Kier alpha value is -1.62. The van der Waals surface area contributed by atoms with Crippen molar-refractivity contribution in [2.45, 2.75) is 58.6 Å². The van der Waals surface area contributed by atoms with Gasteiger partial charge in [-0.25, -0.2) is 0 Å². The first-order valence-electron chi connectivity index (χ1n) is 8.19. The maximum Gasteiger partial charge on any atom is 0.269 e. The van der Waals surface area contributed by atoms with E-state index in [1.165, 1.54) is 6.07 Å². The Morgan fingerprint density at radius 1 is 1.36 bits per heavy atom. The summed E-state index contributed by atoms with van der Waals surface area (Å²) in [5.41, 5.74) is 1.09. The van der Waals surface area contributed by atoms with E-state index in [4.69, 9.17) is 4.74 Å².